The van der Waals surface area contributed by atoms with Gasteiger partial charge >= 0.3 is 0 Å². The maximum Gasteiger partial charge on any atom is 0.270 e. The maximum absolute atomic E-state index is 13.6. The van der Waals surface area contributed by atoms with E-state index in [0.29, 0.717) is 89.6 Å². The fraction of sp³-hybridized carbons (Fsp3) is 0.419. The number of aryl methyl sites for hydroxylation is 6. The molecule has 0 saturated carbocycles. The molecule has 6 saturated heterocycles. The van der Waals surface area contributed by atoms with Crippen LogP contribution >= 0.6 is 12.4 Å². The van der Waals surface area contributed by atoms with E-state index >= 15 is 0 Å². The Hall–Kier alpha value is -10.1. The van der Waals surface area contributed by atoms with Crippen molar-refractivity contribution in [2.75, 3.05) is 63.2 Å². The number of pyridine rings is 4. The number of amides is 4. The predicted octanol–water partition coefficient (Wildman–Crippen LogP) is 11.2. The molecule has 111 heavy (non-hydrogen) atoms. The molecule has 10 aromatic rings. The van der Waals surface area contributed by atoms with Crippen molar-refractivity contribution >= 4 is 69.5 Å². The van der Waals surface area contributed by atoms with Gasteiger partial charge in [0, 0.05) is 164 Å². The summed E-state index contributed by atoms with van der Waals surface area (Å²) < 4.78 is 15.0. The molecule has 0 radical (unpaired) electrons. The molecule has 0 spiro atoms. The number of hydrogen-bond donors (Lipinski definition) is 8. The number of benzene rings is 4. The highest BCUT2D eigenvalue weighted by Gasteiger charge is 2.39. The van der Waals surface area contributed by atoms with E-state index in [1.54, 1.807) is 36.4 Å². The molecule has 4 amide bonds. The number of piperazine rings is 2. The number of fused-ring (bicyclic) bond motifs is 6. The van der Waals surface area contributed by atoms with E-state index in [-0.39, 0.29) is 84.0 Å². The lowest BCUT2D eigenvalue weighted by molar-refractivity contribution is 0.0903. The molecule has 4 bridgehead atoms. The highest BCUT2D eigenvalue weighted by molar-refractivity contribution is 5.98. The minimum Gasteiger partial charge on any atom is -0.381 e. The summed E-state index contributed by atoms with van der Waals surface area (Å²) in [6, 6.07) is 43.2. The summed E-state index contributed by atoms with van der Waals surface area (Å²) >= 11 is 0. The second kappa shape index (κ2) is 35.5. The summed E-state index contributed by atoms with van der Waals surface area (Å²) in [6.45, 7) is 24.2. The van der Waals surface area contributed by atoms with Crippen molar-refractivity contribution in [1.82, 2.24) is 81.2 Å². The van der Waals surface area contributed by atoms with Crippen molar-refractivity contribution in [3.8, 4) is 22.3 Å². The number of nitrogens with zero attached hydrogens (tertiary/aromatic N) is 10. The van der Waals surface area contributed by atoms with Gasteiger partial charge in [0.05, 0.1) is 34.5 Å². The highest BCUT2D eigenvalue weighted by atomic mass is 35.5. The molecular weight excluding hydrogens is 1420 g/mol. The first-order valence-electron chi connectivity index (χ1n) is 39.6. The van der Waals surface area contributed by atoms with Crippen LogP contribution in [0.2, 0.25) is 0 Å². The standard InChI is InChI=1S/2C43H51N9O3.ClH/c2*1-4-37-35(40(48-31-14-16-55-17-15-31)36-24-47-52(5-2)41(36)50-37)23-46-43(54)39-11-7-10-38(49-39)42(53)45-21-28-13-12-27(3)34(19-28)30-9-6-8-29(18-30)25-51-26-32-20-33(51)22-44-32;/h2*6-13,18-19,24,31-33,44H,4-5,14-17,20-23,25-26H2,1-3H3,(H,45,53)(H,46,54)(H,48,50);1H/t2*32-,33-;/m00./s1. The monoisotopic (exact) mass is 1520 g/mol. The molecule has 4 aromatic carbocycles. The number of carbonyl (C=O) groups excluding carboxylic acids is 4. The minimum absolute atomic E-state index is 0. The van der Waals surface area contributed by atoms with Crippen LogP contribution in [0.25, 0.3) is 44.3 Å². The number of carbonyl (C=O) groups is 4. The topological polar surface area (TPSA) is 277 Å². The largest absolute Gasteiger partial charge is 0.381 e. The molecule has 25 heteroatoms. The summed E-state index contributed by atoms with van der Waals surface area (Å²) in [5.74, 6) is -1.41. The number of anilines is 2. The molecular formula is C86H103ClN18O6. The number of ether oxygens (including phenoxy) is 2. The SMILES string of the molecule is CCc1nc2c(cnn2CC)c(NC2CCOCC2)c1CNC(=O)c1cccc(C(=O)NCc2ccc(C)c(-c3cccc(CN4C[C@@H]5C[C@H]4CN5)c3)c2)n1.CCc1nc2c(cnn2CC)c(NC2CCOCC2)c1CNC(=O)c1cccc(C(=O)NCc2ccc(C)c(-c3cccc(CN4C[C@@H]5C[C@H]4CN5)c3)c2)n1.Cl. The highest BCUT2D eigenvalue weighted by Crippen LogP contribution is 2.36. The number of halogens is 1. The van der Waals surface area contributed by atoms with Gasteiger partial charge in [0.1, 0.15) is 22.8 Å². The molecule has 0 aliphatic carbocycles. The third-order valence-corrected chi connectivity index (χ3v) is 22.7. The molecule has 0 unspecified atom stereocenters. The Morgan fingerprint density at radius 1 is 0.468 bits per heavy atom. The molecule has 6 aliphatic heterocycles. The first kappa shape index (κ1) is 77.7. The van der Waals surface area contributed by atoms with Crippen LogP contribution in [0.3, 0.4) is 0 Å². The summed E-state index contributed by atoms with van der Waals surface area (Å²) in [5.41, 5.74) is 19.6. The molecule has 16 rings (SSSR count). The summed E-state index contributed by atoms with van der Waals surface area (Å²) in [7, 11) is 0. The van der Waals surface area contributed by atoms with Crippen molar-refractivity contribution in [1.29, 1.82) is 0 Å². The van der Waals surface area contributed by atoms with Crippen LogP contribution in [0.4, 0.5) is 11.4 Å². The summed E-state index contributed by atoms with van der Waals surface area (Å²) in [4.78, 5) is 78.0. The van der Waals surface area contributed by atoms with Crippen LogP contribution in [0.15, 0.2) is 134 Å². The van der Waals surface area contributed by atoms with Gasteiger partial charge in [-0.2, -0.15) is 10.2 Å². The number of nitrogens with one attached hydrogen (secondary N) is 8. The van der Waals surface area contributed by atoms with Gasteiger partial charge in [0.25, 0.3) is 23.6 Å². The van der Waals surface area contributed by atoms with Crippen LogP contribution in [0.1, 0.15) is 164 Å². The van der Waals surface area contributed by atoms with Crippen LogP contribution in [-0.4, -0.2) is 162 Å². The molecule has 8 N–H and O–H groups in total. The normalized spacial score (nSPS) is 18.4. The quantitative estimate of drug-likeness (QED) is 0.0250. The zero-order chi connectivity index (χ0) is 75.8. The Balaban J connectivity index is 0.000000183. The van der Waals surface area contributed by atoms with E-state index in [1.165, 1.54) is 46.2 Å². The van der Waals surface area contributed by atoms with E-state index in [4.69, 9.17) is 19.4 Å². The lowest BCUT2D eigenvalue weighted by atomic mass is 9.96. The summed E-state index contributed by atoms with van der Waals surface area (Å²) in [6.07, 6.45) is 11.2. The second-order valence-corrected chi connectivity index (χ2v) is 30.1. The molecule has 6 fully saturated rings. The van der Waals surface area contributed by atoms with Crippen LogP contribution in [0, 0.1) is 13.8 Å². The van der Waals surface area contributed by atoms with Crippen LogP contribution in [0.5, 0.6) is 0 Å². The van der Waals surface area contributed by atoms with Gasteiger partial charge in [-0.25, -0.2) is 29.3 Å². The maximum atomic E-state index is 13.6. The number of likely N-dealkylation sites (tertiary alicyclic amines) is 2. The lowest BCUT2D eigenvalue weighted by Gasteiger charge is -2.27. The third kappa shape index (κ3) is 17.8. The fourth-order valence-corrected chi connectivity index (χ4v) is 16.6. The van der Waals surface area contributed by atoms with E-state index in [0.717, 1.165) is 143 Å². The molecule has 6 aliphatic rings. The second-order valence-electron chi connectivity index (χ2n) is 30.1. The molecule has 24 nitrogen and oxygen atoms in total. The summed E-state index contributed by atoms with van der Waals surface area (Å²) in [5, 5.41) is 37.9. The first-order chi connectivity index (χ1) is 53.7. The van der Waals surface area contributed by atoms with Crippen molar-refractivity contribution in [3.05, 3.63) is 212 Å². The van der Waals surface area contributed by atoms with Gasteiger partial charge in [-0.15, -0.1) is 12.4 Å². The Bertz CT molecular complexity index is 4700. The number of aromatic nitrogens is 8. The van der Waals surface area contributed by atoms with Gasteiger partial charge < -0.3 is 52.0 Å². The van der Waals surface area contributed by atoms with Crippen molar-refractivity contribution in [2.45, 2.75) is 182 Å². The van der Waals surface area contributed by atoms with Gasteiger partial charge in [0.15, 0.2) is 11.3 Å². The van der Waals surface area contributed by atoms with Gasteiger partial charge in [-0.3, -0.25) is 29.0 Å². The van der Waals surface area contributed by atoms with E-state index in [1.807, 2.05) is 33.9 Å². The fourth-order valence-electron chi connectivity index (χ4n) is 16.6. The first-order valence-corrected chi connectivity index (χ1v) is 39.6. The Labute approximate surface area is 655 Å². The van der Waals surface area contributed by atoms with Gasteiger partial charge in [-0.05, 0) is 183 Å². The Morgan fingerprint density at radius 3 is 1.22 bits per heavy atom. The van der Waals surface area contributed by atoms with Gasteiger partial charge in [-0.1, -0.05) is 86.6 Å². The third-order valence-electron chi connectivity index (χ3n) is 22.7. The smallest absolute Gasteiger partial charge is 0.270 e. The molecule has 12 heterocycles. The Kier molecular flexibility index (Phi) is 24.9. The predicted molar refractivity (Wildman–Crippen MR) is 435 cm³/mol. The Morgan fingerprint density at radius 2 is 0.856 bits per heavy atom. The average molecular weight is 1520 g/mol. The zero-order valence-electron chi connectivity index (χ0n) is 64.5. The van der Waals surface area contributed by atoms with Crippen LogP contribution < -0.4 is 42.5 Å². The van der Waals surface area contributed by atoms with Crippen molar-refractivity contribution in [2.24, 2.45) is 0 Å². The molecule has 580 valence electrons. The average Bonchev–Trinajstić information content (AvgIpc) is 1.67. The number of hydrogen-bond acceptors (Lipinski definition) is 18. The lowest BCUT2D eigenvalue weighted by Crippen LogP contribution is -2.42. The van der Waals surface area contributed by atoms with Crippen molar-refractivity contribution < 1.29 is 28.7 Å². The molecule has 6 aromatic heterocycles. The van der Waals surface area contributed by atoms with E-state index < -0.39 is 0 Å². The van der Waals surface area contributed by atoms with Crippen molar-refractivity contribution in [3.63, 3.8) is 0 Å². The van der Waals surface area contributed by atoms with E-state index in [9.17, 15) is 19.2 Å². The molecule has 4 atom stereocenters. The zero-order valence-corrected chi connectivity index (χ0v) is 65.3. The minimum atomic E-state index is -0.364. The van der Waals surface area contributed by atoms with Crippen LogP contribution in [-0.2, 0) is 74.7 Å². The van der Waals surface area contributed by atoms with Gasteiger partial charge in [0.2, 0.25) is 0 Å². The van der Waals surface area contributed by atoms with E-state index in [2.05, 4.69) is 187 Å². The number of rotatable bonds is 26.